The van der Waals surface area contributed by atoms with E-state index in [9.17, 15) is 9.18 Å². The molecule has 2 aliphatic heterocycles. The molecule has 25 heavy (non-hydrogen) atoms. The average molecular weight is 342 g/mol. The maximum atomic E-state index is 13.7. The van der Waals surface area contributed by atoms with Crippen molar-refractivity contribution in [1.29, 1.82) is 5.26 Å². The molecule has 1 saturated heterocycles. The molecular formula is C20H23FN2O2. The summed E-state index contributed by atoms with van der Waals surface area (Å²) in [4.78, 5) is 14.3. The van der Waals surface area contributed by atoms with Crippen molar-refractivity contribution < 1.29 is 13.9 Å². The van der Waals surface area contributed by atoms with Gasteiger partial charge in [0.25, 0.3) is 0 Å². The number of ether oxygens (including phenoxy) is 1. The van der Waals surface area contributed by atoms with Crippen LogP contribution in [0.2, 0.25) is 0 Å². The molecule has 2 unspecified atom stereocenters. The summed E-state index contributed by atoms with van der Waals surface area (Å²) >= 11 is 0. The molecule has 2 atom stereocenters. The molecule has 2 heterocycles. The summed E-state index contributed by atoms with van der Waals surface area (Å²) < 4.78 is 19.3. The second-order valence-corrected chi connectivity index (χ2v) is 7.72. The van der Waals surface area contributed by atoms with Crippen LogP contribution in [0.3, 0.4) is 0 Å². The van der Waals surface area contributed by atoms with Crippen LogP contribution in [0.5, 0.6) is 0 Å². The average Bonchev–Trinajstić information content (AvgIpc) is 2.78. The molecule has 1 amide bonds. The molecule has 0 radical (unpaired) electrons. The number of hydrogen-bond donors (Lipinski definition) is 0. The highest BCUT2D eigenvalue weighted by Crippen LogP contribution is 2.40. The number of hydrogen-bond acceptors (Lipinski definition) is 3. The fraction of sp³-hybridized carbons (Fsp3) is 0.500. The maximum absolute atomic E-state index is 13.7. The van der Waals surface area contributed by atoms with Crippen LogP contribution in [0, 0.1) is 17.1 Å². The molecule has 1 fully saturated rings. The van der Waals surface area contributed by atoms with Crippen molar-refractivity contribution in [3.8, 4) is 6.07 Å². The summed E-state index contributed by atoms with van der Waals surface area (Å²) in [6, 6.07) is 6.75. The lowest BCUT2D eigenvalue weighted by atomic mass is 9.90. The second-order valence-electron chi connectivity index (χ2n) is 7.72. The maximum Gasteiger partial charge on any atom is 0.411 e. The van der Waals surface area contributed by atoms with E-state index in [0.29, 0.717) is 6.42 Å². The molecule has 0 N–H and O–H groups in total. The van der Waals surface area contributed by atoms with Gasteiger partial charge in [-0.25, -0.2) is 9.18 Å². The zero-order valence-corrected chi connectivity index (χ0v) is 14.9. The van der Waals surface area contributed by atoms with E-state index in [4.69, 9.17) is 10.00 Å². The minimum atomic E-state index is -0.525. The van der Waals surface area contributed by atoms with E-state index in [1.807, 2.05) is 31.7 Å². The van der Waals surface area contributed by atoms with Crippen LogP contribution in [0.1, 0.15) is 51.2 Å². The first-order chi connectivity index (χ1) is 11.8. The first-order valence-electron chi connectivity index (χ1n) is 8.66. The van der Waals surface area contributed by atoms with Crippen LogP contribution in [0.15, 0.2) is 24.3 Å². The third kappa shape index (κ3) is 3.68. The third-order valence-electron chi connectivity index (χ3n) is 4.69. The Hall–Kier alpha value is -2.35. The molecule has 0 spiro atoms. The lowest BCUT2D eigenvalue weighted by molar-refractivity contribution is 0.0175. The Kier molecular flexibility index (Phi) is 4.55. The van der Waals surface area contributed by atoms with Gasteiger partial charge in [-0.2, -0.15) is 5.26 Å². The van der Waals surface area contributed by atoms with E-state index in [1.165, 1.54) is 12.1 Å². The quantitative estimate of drug-likeness (QED) is 0.798. The van der Waals surface area contributed by atoms with Crippen molar-refractivity contribution in [2.45, 2.75) is 64.1 Å². The highest BCUT2D eigenvalue weighted by molar-refractivity contribution is 5.76. The molecule has 132 valence electrons. The molecule has 1 aromatic carbocycles. The van der Waals surface area contributed by atoms with Crippen molar-refractivity contribution in [2.24, 2.45) is 0 Å². The largest absolute Gasteiger partial charge is 0.444 e. The summed E-state index contributed by atoms with van der Waals surface area (Å²) in [5, 5.41) is 9.02. The number of fused-ring (bicyclic) bond motifs is 2. The van der Waals surface area contributed by atoms with E-state index in [-0.39, 0.29) is 30.4 Å². The number of carbonyl (C=O) groups is 1. The van der Waals surface area contributed by atoms with Gasteiger partial charge in [-0.3, -0.25) is 4.90 Å². The number of rotatable bonds is 2. The van der Waals surface area contributed by atoms with Crippen molar-refractivity contribution in [1.82, 2.24) is 4.90 Å². The Labute approximate surface area is 147 Å². The third-order valence-corrected chi connectivity index (χ3v) is 4.69. The zero-order chi connectivity index (χ0) is 18.2. The normalized spacial score (nSPS) is 22.4. The number of benzene rings is 1. The van der Waals surface area contributed by atoms with Crippen LogP contribution in [-0.4, -0.2) is 28.7 Å². The van der Waals surface area contributed by atoms with Crippen molar-refractivity contribution >= 4 is 11.7 Å². The molecule has 1 aromatic rings. The van der Waals surface area contributed by atoms with Gasteiger partial charge in [0.05, 0.1) is 18.5 Å². The van der Waals surface area contributed by atoms with E-state index in [1.54, 1.807) is 6.07 Å². The Morgan fingerprint density at radius 3 is 2.80 bits per heavy atom. The summed E-state index contributed by atoms with van der Waals surface area (Å²) in [6.45, 7) is 5.58. The molecule has 3 rings (SSSR count). The smallest absolute Gasteiger partial charge is 0.411 e. The van der Waals surface area contributed by atoms with Gasteiger partial charge < -0.3 is 4.74 Å². The number of nitrogens with zero attached hydrogens (tertiary/aromatic N) is 2. The van der Waals surface area contributed by atoms with Gasteiger partial charge >= 0.3 is 6.09 Å². The predicted molar refractivity (Wildman–Crippen MR) is 93.2 cm³/mol. The molecule has 4 nitrogen and oxygen atoms in total. The number of nitriles is 1. The van der Waals surface area contributed by atoms with Crippen LogP contribution >= 0.6 is 0 Å². The molecule has 2 aliphatic rings. The van der Waals surface area contributed by atoms with Crippen LogP contribution in [-0.2, 0) is 11.2 Å². The van der Waals surface area contributed by atoms with Crippen LogP contribution < -0.4 is 0 Å². The summed E-state index contributed by atoms with van der Waals surface area (Å²) in [5.41, 5.74) is 2.13. The van der Waals surface area contributed by atoms with Gasteiger partial charge in [0, 0.05) is 6.04 Å². The van der Waals surface area contributed by atoms with Crippen LogP contribution in [0.4, 0.5) is 9.18 Å². The van der Waals surface area contributed by atoms with Gasteiger partial charge in [0.15, 0.2) is 0 Å². The Bertz CT molecular complexity index is 758. The summed E-state index contributed by atoms with van der Waals surface area (Å²) in [5.74, 6) is -0.306. The number of halogens is 1. The van der Waals surface area contributed by atoms with Crippen molar-refractivity contribution in [3.05, 3.63) is 41.2 Å². The Morgan fingerprint density at radius 2 is 2.16 bits per heavy atom. The lowest BCUT2D eigenvalue weighted by Gasteiger charge is -2.35. The van der Waals surface area contributed by atoms with E-state index in [2.05, 4.69) is 6.07 Å². The van der Waals surface area contributed by atoms with Gasteiger partial charge in [-0.15, -0.1) is 0 Å². The molecule has 5 heteroatoms. The SMILES string of the molecule is CC(C)(C)OC(=O)N1C2C=C(c3cc(F)ccc3CC#N)CC1CC2. The number of carbonyl (C=O) groups excluding carboxylic acids is 1. The summed E-state index contributed by atoms with van der Waals surface area (Å²) in [6.07, 6.45) is 4.47. The highest BCUT2D eigenvalue weighted by Gasteiger charge is 2.41. The monoisotopic (exact) mass is 342 g/mol. The lowest BCUT2D eigenvalue weighted by Crippen LogP contribution is -2.45. The van der Waals surface area contributed by atoms with Gasteiger partial charge in [0.2, 0.25) is 0 Å². The van der Waals surface area contributed by atoms with Crippen molar-refractivity contribution in [3.63, 3.8) is 0 Å². The van der Waals surface area contributed by atoms with E-state index in [0.717, 1.165) is 29.5 Å². The Balaban J connectivity index is 1.89. The zero-order valence-electron chi connectivity index (χ0n) is 14.9. The molecule has 0 aliphatic carbocycles. The topological polar surface area (TPSA) is 53.3 Å². The number of amides is 1. The predicted octanol–water partition coefficient (Wildman–Crippen LogP) is 4.45. The molecule has 0 aromatic heterocycles. The van der Waals surface area contributed by atoms with Gasteiger partial charge in [0.1, 0.15) is 11.4 Å². The van der Waals surface area contributed by atoms with E-state index < -0.39 is 5.60 Å². The van der Waals surface area contributed by atoms with Gasteiger partial charge in [-0.1, -0.05) is 12.1 Å². The fourth-order valence-electron chi connectivity index (χ4n) is 3.72. The summed E-state index contributed by atoms with van der Waals surface area (Å²) in [7, 11) is 0. The van der Waals surface area contributed by atoms with Crippen molar-refractivity contribution in [2.75, 3.05) is 0 Å². The fourth-order valence-corrected chi connectivity index (χ4v) is 3.72. The second kappa shape index (κ2) is 6.51. The molecule has 2 bridgehead atoms. The highest BCUT2D eigenvalue weighted by atomic mass is 19.1. The first kappa shape index (κ1) is 17.5. The minimum Gasteiger partial charge on any atom is -0.444 e. The standard InChI is InChI=1S/C20H23FN2O2/c1-20(2,3)25-19(24)23-16-6-7-17(23)11-14(10-16)18-12-15(21)5-4-13(18)8-9-22/h4-5,10,12,16-17H,6-8,11H2,1-3H3. The first-order valence-corrected chi connectivity index (χ1v) is 8.66. The van der Waals surface area contributed by atoms with E-state index >= 15 is 0 Å². The Morgan fingerprint density at radius 1 is 1.40 bits per heavy atom. The van der Waals surface area contributed by atoms with Crippen LogP contribution in [0.25, 0.3) is 5.57 Å². The van der Waals surface area contributed by atoms with Gasteiger partial charge in [-0.05, 0) is 68.9 Å². The minimum absolute atomic E-state index is 0.0261. The molecular weight excluding hydrogens is 319 g/mol. The molecule has 0 saturated carbocycles.